The van der Waals surface area contributed by atoms with Crippen molar-refractivity contribution < 1.29 is 0 Å². The van der Waals surface area contributed by atoms with Crippen LogP contribution in [0.3, 0.4) is 0 Å². The van der Waals surface area contributed by atoms with Crippen molar-refractivity contribution in [2.75, 3.05) is 0 Å². The summed E-state index contributed by atoms with van der Waals surface area (Å²) in [4.78, 5) is 0. The molecule has 70 valence electrons. The Hall–Kier alpha value is -1.34. The van der Waals surface area contributed by atoms with Crippen LogP contribution in [0.5, 0.6) is 0 Å². The van der Waals surface area contributed by atoms with Gasteiger partial charge in [0.15, 0.2) is 0 Å². The van der Waals surface area contributed by atoms with Gasteiger partial charge in [-0.05, 0) is 28.3 Å². The highest BCUT2D eigenvalue weighted by molar-refractivity contribution is 7.07. The highest BCUT2D eigenvalue weighted by atomic mass is 32.1. The van der Waals surface area contributed by atoms with Gasteiger partial charge in [0.1, 0.15) is 0 Å². The molecule has 1 heterocycles. The zero-order valence-electron chi connectivity index (χ0n) is 7.89. The Morgan fingerprint density at radius 1 is 0.929 bits per heavy atom. The van der Waals surface area contributed by atoms with Crippen molar-refractivity contribution in [1.29, 1.82) is 0 Å². The third-order valence-electron chi connectivity index (χ3n) is 2.12. The van der Waals surface area contributed by atoms with E-state index >= 15 is 0 Å². The molecule has 0 fully saturated rings. The van der Waals surface area contributed by atoms with Crippen molar-refractivity contribution >= 4 is 17.4 Å². The Morgan fingerprint density at radius 3 is 2.36 bits per heavy atom. The summed E-state index contributed by atoms with van der Waals surface area (Å²) in [6, 6.07) is 12.5. The summed E-state index contributed by atoms with van der Waals surface area (Å²) in [5.74, 6) is 0. The van der Waals surface area contributed by atoms with Crippen LogP contribution in [0.25, 0.3) is 6.08 Å². The van der Waals surface area contributed by atoms with Crippen LogP contribution in [0.4, 0.5) is 0 Å². The van der Waals surface area contributed by atoms with Crippen LogP contribution in [0.15, 0.2) is 53.2 Å². The van der Waals surface area contributed by atoms with Gasteiger partial charge in [-0.2, -0.15) is 11.3 Å². The fourth-order valence-electron chi connectivity index (χ4n) is 1.42. The molecule has 0 nitrogen and oxygen atoms in total. The Labute approximate surface area is 88.5 Å². The largest absolute Gasteiger partial charge is 0.152 e. The highest BCUT2D eigenvalue weighted by Gasteiger charge is 2.00. The van der Waals surface area contributed by atoms with Gasteiger partial charge in [0.25, 0.3) is 0 Å². The van der Waals surface area contributed by atoms with E-state index in [-0.39, 0.29) is 0 Å². The van der Waals surface area contributed by atoms with Gasteiger partial charge in [-0.1, -0.05) is 48.6 Å². The van der Waals surface area contributed by atoms with E-state index in [9.17, 15) is 0 Å². The third kappa shape index (κ3) is 2.33. The second kappa shape index (κ2) is 4.77. The molecule has 1 aliphatic carbocycles. The molecule has 0 aliphatic heterocycles. The molecule has 1 aromatic heterocycles. The van der Waals surface area contributed by atoms with Gasteiger partial charge in [-0.25, -0.2) is 0 Å². The van der Waals surface area contributed by atoms with E-state index in [0.29, 0.717) is 0 Å². The molecule has 0 bridgehead atoms. The van der Waals surface area contributed by atoms with E-state index in [1.54, 1.807) is 11.3 Å². The molecule has 0 saturated heterocycles. The third-order valence-corrected chi connectivity index (χ3v) is 2.74. The normalized spacial score (nSPS) is 11.7. The minimum absolute atomic E-state index is 1.12. The van der Waals surface area contributed by atoms with Gasteiger partial charge in [0.2, 0.25) is 0 Å². The minimum Gasteiger partial charge on any atom is -0.152 e. The summed E-state index contributed by atoms with van der Waals surface area (Å²) in [5.41, 5.74) is 2.84. The van der Waals surface area contributed by atoms with Gasteiger partial charge >= 0.3 is 0 Å². The minimum atomic E-state index is 1.12. The standard InChI is InChI=1S/C9H8.C4H4S/c1-2-5-9-7-3-6-8(9)4-1;1-2-4-5-3-1/h1-6H,7H2;1-4H. The predicted molar refractivity (Wildman–Crippen MR) is 63.5 cm³/mol. The van der Waals surface area contributed by atoms with Crippen molar-refractivity contribution in [3.05, 3.63) is 64.4 Å². The monoisotopic (exact) mass is 200 g/mol. The van der Waals surface area contributed by atoms with E-state index in [1.807, 2.05) is 22.9 Å². The molecular weight excluding hydrogens is 188 g/mol. The quantitative estimate of drug-likeness (QED) is 0.603. The van der Waals surface area contributed by atoms with Gasteiger partial charge in [-0.3, -0.25) is 0 Å². The lowest BCUT2D eigenvalue weighted by Crippen LogP contribution is -1.76. The Morgan fingerprint density at radius 2 is 1.71 bits per heavy atom. The lowest BCUT2D eigenvalue weighted by atomic mass is 10.1. The lowest BCUT2D eigenvalue weighted by Gasteiger charge is -1.93. The maximum absolute atomic E-state index is 2.20. The van der Waals surface area contributed by atoms with Gasteiger partial charge in [0, 0.05) is 0 Å². The maximum atomic E-state index is 2.20. The number of fused-ring (bicyclic) bond motifs is 1. The van der Waals surface area contributed by atoms with Crippen molar-refractivity contribution in [2.24, 2.45) is 0 Å². The first-order valence-electron chi connectivity index (χ1n) is 4.68. The second-order valence-corrected chi connectivity index (χ2v) is 3.91. The summed E-state index contributed by atoms with van der Waals surface area (Å²) in [6.45, 7) is 0. The number of rotatable bonds is 0. The zero-order valence-corrected chi connectivity index (χ0v) is 8.71. The topological polar surface area (TPSA) is 0 Å². The molecule has 0 saturated carbocycles. The first-order valence-corrected chi connectivity index (χ1v) is 5.63. The van der Waals surface area contributed by atoms with Crippen LogP contribution in [0, 0.1) is 0 Å². The lowest BCUT2D eigenvalue weighted by molar-refractivity contribution is 1.31. The number of hydrogen-bond acceptors (Lipinski definition) is 1. The zero-order chi connectivity index (χ0) is 9.64. The molecule has 0 radical (unpaired) electrons. The molecule has 2 aromatic rings. The molecule has 0 unspecified atom stereocenters. The van der Waals surface area contributed by atoms with Crippen molar-refractivity contribution in [2.45, 2.75) is 6.42 Å². The smallest absolute Gasteiger partial charge is 0.00882 e. The van der Waals surface area contributed by atoms with E-state index in [1.165, 1.54) is 11.1 Å². The Kier molecular flexibility index (Phi) is 3.15. The van der Waals surface area contributed by atoms with Gasteiger partial charge in [0.05, 0.1) is 0 Å². The number of benzene rings is 1. The van der Waals surface area contributed by atoms with E-state index < -0.39 is 0 Å². The Balaban J connectivity index is 0.000000128. The average molecular weight is 200 g/mol. The summed E-state index contributed by atoms with van der Waals surface area (Å²) < 4.78 is 0. The molecule has 0 N–H and O–H groups in total. The summed E-state index contributed by atoms with van der Waals surface area (Å²) in [6.07, 6.45) is 5.50. The van der Waals surface area contributed by atoms with Crippen molar-refractivity contribution in [3.8, 4) is 0 Å². The molecule has 14 heavy (non-hydrogen) atoms. The maximum Gasteiger partial charge on any atom is -0.00882 e. The molecule has 1 aliphatic rings. The average Bonchev–Trinajstić information content (AvgIpc) is 2.92. The predicted octanol–water partition coefficient (Wildman–Crippen LogP) is 4.00. The molecule has 1 aromatic carbocycles. The highest BCUT2D eigenvalue weighted by Crippen LogP contribution is 2.17. The molecule has 0 amide bonds. The summed E-state index contributed by atoms with van der Waals surface area (Å²) in [5, 5.41) is 4.08. The summed E-state index contributed by atoms with van der Waals surface area (Å²) >= 11 is 1.71. The van der Waals surface area contributed by atoms with Crippen LogP contribution < -0.4 is 0 Å². The first kappa shape index (κ1) is 9.22. The van der Waals surface area contributed by atoms with Crippen LogP contribution in [0.1, 0.15) is 11.1 Å². The fraction of sp³-hybridized carbons (Fsp3) is 0.0769. The van der Waals surface area contributed by atoms with Gasteiger partial charge < -0.3 is 0 Å². The van der Waals surface area contributed by atoms with Crippen LogP contribution in [0.2, 0.25) is 0 Å². The van der Waals surface area contributed by atoms with Crippen molar-refractivity contribution in [1.82, 2.24) is 0 Å². The van der Waals surface area contributed by atoms with E-state index in [0.717, 1.165) is 6.42 Å². The first-order chi connectivity index (χ1) is 6.97. The van der Waals surface area contributed by atoms with Crippen LogP contribution >= 0.6 is 11.3 Å². The molecule has 0 atom stereocenters. The van der Waals surface area contributed by atoms with Gasteiger partial charge in [-0.15, -0.1) is 0 Å². The van der Waals surface area contributed by atoms with E-state index in [2.05, 4.69) is 36.4 Å². The molecule has 3 rings (SSSR count). The van der Waals surface area contributed by atoms with E-state index in [4.69, 9.17) is 0 Å². The SMILES string of the molecule is C1=Cc2ccccc2C1.c1ccsc1. The van der Waals surface area contributed by atoms with Crippen molar-refractivity contribution in [3.63, 3.8) is 0 Å². The fourth-order valence-corrected chi connectivity index (χ4v) is 1.88. The molecular formula is C13H12S. The number of hydrogen-bond donors (Lipinski definition) is 0. The van der Waals surface area contributed by atoms with Crippen LogP contribution in [-0.4, -0.2) is 0 Å². The van der Waals surface area contributed by atoms with Crippen LogP contribution in [-0.2, 0) is 6.42 Å². The Bertz CT molecular complexity index is 382. The number of thiophene rings is 1. The molecule has 0 spiro atoms. The number of allylic oxidation sites excluding steroid dienone is 1. The molecule has 1 heteroatoms. The summed E-state index contributed by atoms with van der Waals surface area (Å²) in [7, 11) is 0. The second-order valence-electron chi connectivity index (χ2n) is 3.10.